The summed E-state index contributed by atoms with van der Waals surface area (Å²) in [6, 6.07) is 17.5. The molecule has 0 spiro atoms. The molecular weight excluding hydrogens is 450 g/mol. The van der Waals surface area contributed by atoms with Crippen molar-refractivity contribution in [1.29, 1.82) is 0 Å². The number of ether oxygens (including phenoxy) is 1. The van der Waals surface area contributed by atoms with Crippen LogP contribution in [0.25, 0.3) is 10.9 Å². The number of carbonyl (C=O) groups is 1. The Balaban J connectivity index is 1.12. The quantitative estimate of drug-likeness (QED) is 0.584. The molecule has 1 N–H and O–H groups in total. The molecule has 0 atom stereocenters. The predicted octanol–water partition coefficient (Wildman–Crippen LogP) is 3.53. The third-order valence-corrected chi connectivity index (χ3v) is 8.91. The van der Waals surface area contributed by atoms with Gasteiger partial charge in [0.2, 0.25) is 15.9 Å². The Labute approximate surface area is 200 Å². The molecule has 2 fully saturated rings. The number of hydrogen-bond acceptors (Lipinski definition) is 4. The van der Waals surface area contributed by atoms with Gasteiger partial charge in [-0.25, -0.2) is 8.42 Å². The largest absolute Gasteiger partial charge is 0.379 e. The van der Waals surface area contributed by atoms with E-state index in [2.05, 4.69) is 29.2 Å². The van der Waals surface area contributed by atoms with E-state index in [0.717, 1.165) is 31.5 Å². The molecule has 0 unspecified atom stereocenters. The molecule has 3 heterocycles. The minimum atomic E-state index is -3.49. The maximum atomic E-state index is 12.8. The van der Waals surface area contributed by atoms with Crippen LogP contribution in [0.15, 0.2) is 59.5 Å². The van der Waals surface area contributed by atoms with Gasteiger partial charge < -0.3 is 14.6 Å². The standard InChI is InChI=1S/C26H31N3O4S/c30-26(28-13-11-21(12-14-28)25-19-22-3-1-2-4-24(22)27-25)10-7-20-5-8-23(9-6-20)34(31,32)29-15-17-33-18-16-29/h1-6,8-9,19,21,27H,7,10-18H2. The number of sulfonamides is 1. The summed E-state index contributed by atoms with van der Waals surface area (Å²) < 4.78 is 32.2. The lowest BCUT2D eigenvalue weighted by molar-refractivity contribution is -0.132. The summed E-state index contributed by atoms with van der Waals surface area (Å²) in [7, 11) is -3.49. The third kappa shape index (κ3) is 4.89. The molecular formula is C26H31N3O4S. The van der Waals surface area contributed by atoms with Crippen molar-refractivity contribution in [3.63, 3.8) is 0 Å². The van der Waals surface area contributed by atoms with Crippen molar-refractivity contribution in [3.8, 4) is 0 Å². The number of para-hydroxylation sites is 1. The number of aromatic nitrogens is 1. The number of hydrogen-bond donors (Lipinski definition) is 1. The van der Waals surface area contributed by atoms with E-state index in [0.29, 0.717) is 50.0 Å². The highest BCUT2D eigenvalue weighted by Gasteiger charge is 2.27. The number of amides is 1. The monoisotopic (exact) mass is 481 g/mol. The molecule has 0 aliphatic carbocycles. The zero-order valence-electron chi connectivity index (χ0n) is 19.3. The van der Waals surface area contributed by atoms with Crippen molar-refractivity contribution in [3.05, 3.63) is 65.9 Å². The Bertz CT molecular complexity index is 1210. The van der Waals surface area contributed by atoms with Crippen LogP contribution >= 0.6 is 0 Å². The van der Waals surface area contributed by atoms with Crippen molar-refractivity contribution >= 4 is 26.8 Å². The first kappa shape index (κ1) is 23.1. The van der Waals surface area contributed by atoms with Crippen LogP contribution in [0.1, 0.15) is 36.4 Å². The average molecular weight is 482 g/mol. The summed E-state index contributed by atoms with van der Waals surface area (Å²) in [4.78, 5) is 18.6. The van der Waals surface area contributed by atoms with Gasteiger partial charge in [0.25, 0.3) is 0 Å². The first-order valence-corrected chi connectivity index (χ1v) is 13.5. The van der Waals surface area contributed by atoms with Crippen molar-refractivity contribution < 1.29 is 17.9 Å². The van der Waals surface area contributed by atoms with Gasteiger partial charge in [0.1, 0.15) is 0 Å². The molecule has 5 rings (SSSR count). The number of fused-ring (bicyclic) bond motifs is 1. The SMILES string of the molecule is O=C(CCc1ccc(S(=O)(=O)N2CCOCC2)cc1)N1CCC(c2cc3ccccc3[nH]2)CC1. The molecule has 0 radical (unpaired) electrons. The highest BCUT2D eigenvalue weighted by atomic mass is 32.2. The van der Waals surface area contributed by atoms with Crippen molar-refractivity contribution in [2.75, 3.05) is 39.4 Å². The molecule has 2 aromatic carbocycles. The second kappa shape index (κ2) is 9.90. The molecule has 3 aromatic rings. The molecule has 0 bridgehead atoms. The number of aromatic amines is 1. The number of carbonyl (C=O) groups excluding carboxylic acids is 1. The van der Waals surface area contributed by atoms with E-state index >= 15 is 0 Å². The van der Waals surface area contributed by atoms with Crippen LogP contribution in [0.3, 0.4) is 0 Å². The molecule has 2 aliphatic heterocycles. The number of nitrogens with one attached hydrogen (secondary N) is 1. The summed E-state index contributed by atoms with van der Waals surface area (Å²) in [6.45, 7) is 3.17. The maximum absolute atomic E-state index is 12.8. The molecule has 1 amide bonds. The number of likely N-dealkylation sites (tertiary alicyclic amines) is 1. The van der Waals surface area contributed by atoms with E-state index in [9.17, 15) is 13.2 Å². The molecule has 1 aromatic heterocycles. The van der Waals surface area contributed by atoms with Crippen LogP contribution in [0.4, 0.5) is 0 Å². The van der Waals surface area contributed by atoms with Crippen LogP contribution in [0.5, 0.6) is 0 Å². The average Bonchev–Trinajstić information content (AvgIpc) is 3.32. The number of aryl methyl sites for hydroxylation is 1. The molecule has 180 valence electrons. The Morgan fingerprint density at radius 1 is 0.971 bits per heavy atom. The van der Waals surface area contributed by atoms with E-state index in [1.807, 2.05) is 23.1 Å². The number of rotatable bonds is 6. The Morgan fingerprint density at radius 3 is 2.38 bits per heavy atom. The predicted molar refractivity (Wildman–Crippen MR) is 131 cm³/mol. The Morgan fingerprint density at radius 2 is 1.68 bits per heavy atom. The fourth-order valence-electron chi connectivity index (χ4n) is 4.93. The molecule has 8 heteroatoms. The topological polar surface area (TPSA) is 82.7 Å². The minimum absolute atomic E-state index is 0.167. The normalized spacial score (nSPS) is 18.4. The van der Waals surface area contributed by atoms with Gasteiger partial charge in [-0.15, -0.1) is 0 Å². The summed E-state index contributed by atoms with van der Waals surface area (Å²) in [5.74, 6) is 0.623. The van der Waals surface area contributed by atoms with Gasteiger partial charge in [-0.05, 0) is 54.5 Å². The highest BCUT2D eigenvalue weighted by molar-refractivity contribution is 7.89. The molecule has 2 aliphatic rings. The van der Waals surface area contributed by atoms with Gasteiger partial charge in [-0.1, -0.05) is 30.3 Å². The lowest BCUT2D eigenvalue weighted by Gasteiger charge is -2.31. The van der Waals surface area contributed by atoms with E-state index in [1.165, 1.54) is 20.9 Å². The number of morpholine rings is 1. The molecule has 0 saturated carbocycles. The summed E-state index contributed by atoms with van der Waals surface area (Å²) in [5, 5.41) is 1.24. The van der Waals surface area contributed by atoms with Gasteiger partial charge in [-0.3, -0.25) is 4.79 Å². The van der Waals surface area contributed by atoms with Crippen LogP contribution in [0, 0.1) is 0 Å². The smallest absolute Gasteiger partial charge is 0.243 e. The molecule has 2 saturated heterocycles. The van der Waals surface area contributed by atoms with E-state index in [4.69, 9.17) is 4.74 Å². The van der Waals surface area contributed by atoms with E-state index in [-0.39, 0.29) is 5.91 Å². The molecule has 7 nitrogen and oxygen atoms in total. The fourth-order valence-corrected chi connectivity index (χ4v) is 6.34. The van der Waals surface area contributed by atoms with Gasteiger partial charge in [-0.2, -0.15) is 4.31 Å². The zero-order chi connectivity index (χ0) is 23.5. The first-order chi connectivity index (χ1) is 16.5. The van der Waals surface area contributed by atoms with Crippen molar-refractivity contribution in [2.24, 2.45) is 0 Å². The number of piperidine rings is 1. The third-order valence-electron chi connectivity index (χ3n) is 7.00. The lowest BCUT2D eigenvalue weighted by Crippen LogP contribution is -2.40. The van der Waals surface area contributed by atoms with Crippen LogP contribution in [-0.2, 0) is 26.0 Å². The summed E-state index contributed by atoms with van der Waals surface area (Å²) in [6.07, 6.45) is 2.98. The van der Waals surface area contributed by atoms with E-state index in [1.54, 1.807) is 12.1 Å². The number of H-pyrrole nitrogens is 1. The first-order valence-electron chi connectivity index (χ1n) is 12.0. The second-order valence-corrected chi connectivity index (χ2v) is 11.1. The fraction of sp³-hybridized carbons (Fsp3) is 0.423. The van der Waals surface area contributed by atoms with Gasteiger partial charge in [0, 0.05) is 49.7 Å². The lowest BCUT2D eigenvalue weighted by atomic mass is 9.93. The van der Waals surface area contributed by atoms with Gasteiger partial charge >= 0.3 is 0 Å². The summed E-state index contributed by atoms with van der Waals surface area (Å²) >= 11 is 0. The van der Waals surface area contributed by atoms with Crippen LogP contribution < -0.4 is 0 Å². The highest BCUT2D eigenvalue weighted by Crippen LogP contribution is 2.30. The maximum Gasteiger partial charge on any atom is 0.243 e. The van der Waals surface area contributed by atoms with Gasteiger partial charge in [0.05, 0.1) is 18.1 Å². The van der Waals surface area contributed by atoms with Crippen LogP contribution in [0.2, 0.25) is 0 Å². The van der Waals surface area contributed by atoms with Gasteiger partial charge in [0.15, 0.2) is 0 Å². The number of nitrogens with zero attached hydrogens (tertiary/aromatic N) is 2. The zero-order valence-corrected chi connectivity index (χ0v) is 20.1. The van der Waals surface area contributed by atoms with Crippen molar-refractivity contribution in [2.45, 2.75) is 36.5 Å². The summed E-state index contributed by atoms with van der Waals surface area (Å²) in [5.41, 5.74) is 3.41. The van der Waals surface area contributed by atoms with Crippen molar-refractivity contribution in [1.82, 2.24) is 14.2 Å². The Hall–Kier alpha value is -2.68. The van der Waals surface area contributed by atoms with Crippen LogP contribution in [-0.4, -0.2) is 67.9 Å². The second-order valence-electron chi connectivity index (χ2n) is 9.13. The number of benzene rings is 2. The minimum Gasteiger partial charge on any atom is -0.379 e. The molecule has 34 heavy (non-hydrogen) atoms. The Kier molecular flexibility index (Phi) is 6.72. The van der Waals surface area contributed by atoms with E-state index < -0.39 is 10.0 Å².